The molecule has 0 aliphatic rings. The van der Waals surface area contributed by atoms with Crippen LogP contribution in [0.5, 0.6) is 0 Å². The largest absolute Gasteiger partial charge is 0.478 e. The molecule has 0 aliphatic heterocycles. The van der Waals surface area contributed by atoms with Gasteiger partial charge in [0.2, 0.25) is 0 Å². The first-order valence-electron chi connectivity index (χ1n) is 3.72. The number of carboxylic acids is 1. The Hall–Kier alpha value is -0.930. The Kier molecular flexibility index (Phi) is 5.47. The summed E-state index contributed by atoms with van der Waals surface area (Å²) in [7, 11) is -7.59. The molecule has 0 unspecified atom stereocenters. The Balaban J connectivity index is 4.07. The highest BCUT2D eigenvalue weighted by atomic mass is 32.3. The van der Waals surface area contributed by atoms with Gasteiger partial charge >= 0.3 is 5.97 Å². The van der Waals surface area contributed by atoms with Gasteiger partial charge in [0.1, 0.15) is 0 Å². The highest BCUT2D eigenvalue weighted by molar-refractivity contribution is 7.93. The molecule has 0 bridgehead atoms. The van der Waals surface area contributed by atoms with Crippen LogP contribution in [0.2, 0.25) is 0 Å². The third-order valence-corrected chi connectivity index (χ3v) is 3.53. The number of hydrogen-bond acceptors (Lipinski definition) is 6. The maximum Gasteiger partial charge on any atom is 0.330 e. The van der Waals surface area contributed by atoms with Crippen molar-refractivity contribution in [1.82, 2.24) is 0 Å². The number of thiol groups is 1. The van der Waals surface area contributed by atoms with E-state index in [1.807, 2.05) is 0 Å². The maximum atomic E-state index is 10.8. The molecule has 0 amide bonds. The second-order valence-corrected chi connectivity index (χ2v) is 5.14. The average Bonchev–Trinajstić information content (AvgIpc) is 2.00. The molecular weight excluding hydrogens is 248 g/mol. The first kappa shape index (κ1) is 14.1. The zero-order chi connectivity index (χ0) is 12.1. The minimum absolute atomic E-state index is 0.0481. The van der Waals surface area contributed by atoms with Crippen molar-refractivity contribution in [3.8, 4) is 0 Å². The van der Waals surface area contributed by atoms with Crippen LogP contribution in [0.15, 0.2) is 12.2 Å². The zero-order valence-corrected chi connectivity index (χ0v) is 9.29. The second-order valence-electron chi connectivity index (χ2n) is 2.57. The number of rotatable bonds is 7. The molecule has 0 saturated carbocycles. The van der Waals surface area contributed by atoms with E-state index in [-0.39, 0.29) is 18.4 Å². The van der Waals surface area contributed by atoms with E-state index in [1.165, 1.54) is 0 Å². The van der Waals surface area contributed by atoms with E-state index in [1.54, 1.807) is 0 Å². The molecule has 0 heterocycles. The Bertz CT molecular complexity index is 409. The lowest BCUT2D eigenvalue weighted by Gasteiger charge is -2.00. The van der Waals surface area contributed by atoms with Gasteiger partial charge in [0.05, 0.1) is 5.75 Å². The van der Waals surface area contributed by atoms with Crippen molar-refractivity contribution in [1.29, 1.82) is 0 Å². The minimum atomic E-state index is -4.13. The van der Waals surface area contributed by atoms with Crippen molar-refractivity contribution >= 4 is 27.1 Å². The molecule has 7 nitrogen and oxygen atoms in total. The van der Waals surface area contributed by atoms with Gasteiger partial charge in [-0.25, -0.2) is 13.2 Å². The molecule has 0 aromatic heterocycles. The molecule has 0 saturated heterocycles. The van der Waals surface area contributed by atoms with Crippen LogP contribution in [0.3, 0.4) is 0 Å². The molecule has 15 heavy (non-hydrogen) atoms. The Morgan fingerprint density at radius 1 is 1.40 bits per heavy atom. The summed E-state index contributed by atoms with van der Waals surface area (Å²) in [5, 5.41) is 8.38. The minimum Gasteiger partial charge on any atom is -0.478 e. The normalized spacial score (nSPS) is 11.5. The van der Waals surface area contributed by atoms with Gasteiger partial charge in [-0.05, 0) is 12.8 Å². The van der Waals surface area contributed by atoms with Crippen LogP contribution >= 0.6 is 0 Å². The number of carboxylic acid groups (broad SMARTS) is 1. The molecule has 0 aliphatic carbocycles. The molecule has 1 N–H and O–H groups in total. The highest BCUT2D eigenvalue weighted by Crippen LogP contribution is 2.05. The summed E-state index contributed by atoms with van der Waals surface area (Å²) in [5.74, 6) is -1.79. The van der Waals surface area contributed by atoms with Crippen LogP contribution in [-0.4, -0.2) is 33.7 Å². The smallest absolute Gasteiger partial charge is 0.330 e. The predicted molar refractivity (Wildman–Crippen MR) is 51.2 cm³/mol. The van der Waals surface area contributed by atoms with Gasteiger partial charge in [-0.2, -0.15) is 8.42 Å². The summed E-state index contributed by atoms with van der Waals surface area (Å²) in [6.07, 6.45) is -0.107. The Morgan fingerprint density at radius 3 is 2.33 bits per heavy atom. The number of aliphatic carboxylic acids is 1. The van der Waals surface area contributed by atoms with Gasteiger partial charge in [0.15, 0.2) is 0 Å². The third-order valence-electron chi connectivity index (χ3n) is 1.35. The van der Waals surface area contributed by atoms with Gasteiger partial charge in [0.25, 0.3) is 21.1 Å². The molecule has 0 aromatic rings. The molecule has 0 rings (SSSR count). The Morgan fingerprint density at radius 2 is 1.93 bits per heavy atom. The summed E-state index contributed by atoms with van der Waals surface area (Å²) in [6, 6.07) is 0. The summed E-state index contributed by atoms with van der Waals surface area (Å²) in [5.41, 5.74) is -0.142. The van der Waals surface area contributed by atoms with E-state index in [2.05, 4.69) is 10.2 Å². The van der Waals surface area contributed by atoms with E-state index in [9.17, 15) is 21.6 Å². The number of hydrogen-bond donors (Lipinski definition) is 2. The molecular formula is C6H10O7S2. The lowest BCUT2D eigenvalue weighted by atomic mass is 10.2. The van der Waals surface area contributed by atoms with Gasteiger partial charge in [0, 0.05) is 5.57 Å². The van der Waals surface area contributed by atoms with Crippen molar-refractivity contribution in [3.63, 3.8) is 0 Å². The summed E-state index contributed by atoms with van der Waals surface area (Å²) >= 11 is 0. The average molecular weight is 258 g/mol. The second kappa shape index (κ2) is 5.83. The fraction of sp³-hybridized carbons (Fsp3) is 0.500. The highest BCUT2D eigenvalue weighted by Gasteiger charge is 2.13. The lowest BCUT2D eigenvalue weighted by Crippen LogP contribution is -2.10. The van der Waals surface area contributed by atoms with Crippen LogP contribution in [0.4, 0.5) is 0 Å². The fourth-order valence-electron chi connectivity index (χ4n) is 0.699. The van der Waals surface area contributed by atoms with E-state index >= 15 is 0 Å². The molecule has 0 atom stereocenters. The van der Waals surface area contributed by atoms with Crippen LogP contribution in [0.1, 0.15) is 12.8 Å². The van der Waals surface area contributed by atoms with Crippen LogP contribution in [0.25, 0.3) is 0 Å². The fourth-order valence-corrected chi connectivity index (χ4v) is 2.24. The first-order valence-corrected chi connectivity index (χ1v) is 6.39. The van der Waals surface area contributed by atoms with Crippen molar-refractivity contribution in [2.45, 2.75) is 12.8 Å². The molecule has 9 heteroatoms. The summed E-state index contributed by atoms with van der Waals surface area (Å²) in [6.45, 7) is 3.18. The van der Waals surface area contributed by atoms with Gasteiger partial charge in [-0.3, -0.25) is 0 Å². The van der Waals surface area contributed by atoms with E-state index in [4.69, 9.17) is 5.11 Å². The Labute approximate surface area is 88.6 Å². The monoisotopic (exact) mass is 258 g/mol. The van der Waals surface area contributed by atoms with Gasteiger partial charge in [-0.15, -0.1) is 3.63 Å². The van der Waals surface area contributed by atoms with Gasteiger partial charge < -0.3 is 5.11 Å². The predicted octanol–water partition coefficient (Wildman–Crippen LogP) is -0.720. The summed E-state index contributed by atoms with van der Waals surface area (Å²) in [4.78, 5) is 10.3. The van der Waals surface area contributed by atoms with Crippen molar-refractivity contribution < 1.29 is 30.4 Å². The molecule has 0 spiro atoms. The first-order chi connectivity index (χ1) is 6.74. The topological polar surface area (TPSA) is 115 Å². The zero-order valence-electron chi connectivity index (χ0n) is 7.58. The van der Waals surface area contributed by atoms with E-state index < -0.39 is 32.8 Å². The van der Waals surface area contributed by atoms with Crippen molar-refractivity contribution in [2.75, 3.05) is 5.75 Å². The molecule has 0 aromatic carbocycles. The quantitative estimate of drug-likeness (QED) is 0.457. The third kappa shape index (κ3) is 7.05. The van der Waals surface area contributed by atoms with Crippen LogP contribution in [0, 0.1) is 0 Å². The summed E-state index contributed by atoms with van der Waals surface area (Å²) < 4.78 is 45.1. The molecule has 88 valence electrons. The van der Waals surface area contributed by atoms with E-state index in [0.717, 1.165) is 0 Å². The number of carbonyl (C=O) groups is 1. The lowest BCUT2D eigenvalue weighted by molar-refractivity contribution is -0.132. The van der Waals surface area contributed by atoms with Crippen molar-refractivity contribution in [3.05, 3.63) is 12.2 Å². The molecule has 0 radical (unpaired) electrons. The maximum absolute atomic E-state index is 10.8. The van der Waals surface area contributed by atoms with Crippen molar-refractivity contribution in [2.24, 2.45) is 0 Å². The standard InChI is InChI=1S/C6H10O7S2/c1-5(6(7)8)3-2-4-15(11,12)13-14(9)10/h14H,1-4H2,(H,7,8). The van der Waals surface area contributed by atoms with Crippen LogP contribution in [-0.2, 0) is 29.5 Å². The van der Waals surface area contributed by atoms with E-state index in [0.29, 0.717) is 0 Å². The molecule has 0 fully saturated rings. The van der Waals surface area contributed by atoms with Gasteiger partial charge in [-0.1, -0.05) is 6.58 Å². The van der Waals surface area contributed by atoms with Crippen LogP contribution < -0.4 is 0 Å². The SMILES string of the molecule is C=C(CCCS(=O)(=O)O[SH](=O)=O)C(=O)O.